The number of hydrazone groups is 1. The number of fused-ring (bicyclic) bond motifs is 1. The van der Waals surface area contributed by atoms with Crippen LogP contribution in [0.1, 0.15) is 18.1 Å². The maximum absolute atomic E-state index is 12.0. The van der Waals surface area contributed by atoms with Crippen LogP contribution in [0.15, 0.2) is 84.2 Å². The van der Waals surface area contributed by atoms with Crippen molar-refractivity contribution in [2.75, 3.05) is 0 Å². The molecule has 1 aromatic heterocycles. The van der Waals surface area contributed by atoms with E-state index in [2.05, 4.69) is 39.9 Å². The molecule has 1 heterocycles. The van der Waals surface area contributed by atoms with Gasteiger partial charge in [-0.15, -0.1) is 0 Å². The molecular weight excluding hydrogens is 422 g/mol. The smallest absolute Gasteiger partial charge is 0.307 e. The van der Waals surface area contributed by atoms with Crippen LogP contribution in [-0.2, 0) is 17.9 Å². The van der Waals surface area contributed by atoms with Gasteiger partial charge in [0, 0.05) is 0 Å². The van der Waals surface area contributed by atoms with Crippen LogP contribution in [0, 0.1) is 10.1 Å². The maximum atomic E-state index is 12.0. The number of carbonyl (C=O) groups excluding carboxylic acids is 1. The quantitative estimate of drug-likeness (QED) is 0.251. The van der Waals surface area contributed by atoms with Crippen LogP contribution in [-0.4, -0.2) is 26.3 Å². The van der Waals surface area contributed by atoms with E-state index in [-0.39, 0.29) is 12.2 Å². The van der Waals surface area contributed by atoms with Crippen LogP contribution in [0.5, 0.6) is 5.75 Å². The summed E-state index contributed by atoms with van der Waals surface area (Å²) in [5.74, 6) is 0.284. The summed E-state index contributed by atoms with van der Waals surface area (Å²) >= 11 is 0. The normalized spacial score (nSPS) is 11.4. The van der Waals surface area contributed by atoms with E-state index in [9.17, 15) is 14.9 Å². The second-order valence-corrected chi connectivity index (χ2v) is 7.34. The number of benzene rings is 3. The van der Waals surface area contributed by atoms with Gasteiger partial charge in [0.2, 0.25) is 0 Å². The Labute approximate surface area is 189 Å². The molecule has 4 rings (SSSR count). The topological polar surface area (TPSA) is 112 Å². The lowest BCUT2D eigenvalue weighted by Gasteiger charge is -2.10. The summed E-state index contributed by atoms with van der Waals surface area (Å²) in [5, 5.41) is 20.9. The number of rotatable bonds is 8. The fourth-order valence-corrected chi connectivity index (χ4v) is 3.30. The van der Waals surface area contributed by atoms with Gasteiger partial charge in [-0.1, -0.05) is 42.5 Å². The molecular formula is C24H21N5O4. The average molecular weight is 443 g/mol. The van der Waals surface area contributed by atoms with Gasteiger partial charge in [0.25, 0.3) is 5.91 Å². The molecule has 9 nitrogen and oxygen atoms in total. The molecule has 0 atom stereocenters. The summed E-state index contributed by atoms with van der Waals surface area (Å²) in [6.07, 6.45) is 2.28. The predicted molar refractivity (Wildman–Crippen MR) is 124 cm³/mol. The third kappa shape index (κ3) is 5.40. The van der Waals surface area contributed by atoms with E-state index in [1.165, 1.54) is 21.7 Å². The highest BCUT2D eigenvalue weighted by Crippen LogP contribution is 2.21. The number of nitro groups is 1. The molecule has 0 aliphatic heterocycles. The second kappa shape index (κ2) is 9.73. The lowest BCUT2D eigenvalue weighted by molar-refractivity contribution is -0.385. The van der Waals surface area contributed by atoms with E-state index >= 15 is 0 Å². The highest BCUT2D eigenvalue weighted by atomic mass is 16.6. The first-order chi connectivity index (χ1) is 16.0. The van der Waals surface area contributed by atoms with Crippen LogP contribution in [0.3, 0.4) is 0 Å². The first-order valence-corrected chi connectivity index (χ1v) is 10.2. The molecule has 0 aliphatic carbocycles. The fraction of sp³-hybridized carbons (Fsp3) is 0.125. The average Bonchev–Trinajstić information content (AvgIpc) is 3.30. The molecule has 0 fully saturated rings. The highest BCUT2D eigenvalue weighted by Gasteiger charge is 2.11. The van der Waals surface area contributed by atoms with E-state index in [0.717, 1.165) is 23.1 Å². The van der Waals surface area contributed by atoms with Crippen molar-refractivity contribution < 1.29 is 14.5 Å². The third-order valence-electron chi connectivity index (χ3n) is 5.03. The zero-order valence-corrected chi connectivity index (χ0v) is 17.8. The first-order valence-electron chi connectivity index (χ1n) is 10.2. The Morgan fingerprint density at radius 2 is 1.88 bits per heavy atom. The van der Waals surface area contributed by atoms with Gasteiger partial charge in [0.05, 0.1) is 10.6 Å². The Hall–Kier alpha value is -4.53. The van der Waals surface area contributed by atoms with Crippen molar-refractivity contribution >= 4 is 28.1 Å². The number of nitrogens with zero attached hydrogens (tertiary/aromatic N) is 4. The number of ether oxygens (including phenoxy) is 1. The lowest BCUT2D eigenvalue weighted by atomic mass is 10.1. The number of hydrogen-bond acceptors (Lipinski definition) is 6. The van der Waals surface area contributed by atoms with Crippen LogP contribution >= 0.6 is 0 Å². The summed E-state index contributed by atoms with van der Waals surface area (Å²) in [6.45, 7) is 2.05. The molecule has 0 saturated carbocycles. The van der Waals surface area contributed by atoms with Gasteiger partial charge in [-0.3, -0.25) is 19.6 Å². The van der Waals surface area contributed by atoms with Crippen molar-refractivity contribution in [2.45, 2.75) is 20.1 Å². The van der Waals surface area contributed by atoms with E-state index in [4.69, 9.17) is 4.74 Å². The van der Waals surface area contributed by atoms with Crippen molar-refractivity contribution in [1.29, 1.82) is 0 Å². The molecule has 0 bridgehead atoms. The number of aromatic nitrogens is 2. The van der Waals surface area contributed by atoms with Gasteiger partial charge in [0.1, 0.15) is 31.3 Å². The van der Waals surface area contributed by atoms with Crippen molar-refractivity contribution in [3.05, 3.63) is 100 Å². The highest BCUT2D eigenvalue weighted by molar-refractivity contribution is 5.99. The minimum absolute atomic E-state index is 0.175. The molecule has 3 aromatic carbocycles. The minimum atomic E-state index is -0.570. The van der Waals surface area contributed by atoms with Crippen molar-refractivity contribution in [3.8, 4) is 5.75 Å². The van der Waals surface area contributed by atoms with Crippen molar-refractivity contribution in [1.82, 2.24) is 15.2 Å². The summed E-state index contributed by atoms with van der Waals surface area (Å²) in [4.78, 5) is 22.1. The Balaban J connectivity index is 1.33. The van der Waals surface area contributed by atoms with Gasteiger partial charge in [0.15, 0.2) is 0 Å². The SMILES string of the molecule is C/C(=N\NC(=O)Cn1cc([N+](=O)[O-])cn1)c1ccc(OCc2cccc3ccccc23)cc1. The van der Waals surface area contributed by atoms with Crippen LogP contribution < -0.4 is 10.2 Å². The summed E-state index contributed by atoms with van der Waals surface area (Å²) < 4.78 is 7.13. The largest absolute Gasteiger partial charge is 0.489 e. The Bertz CT molecular complexity index is 1320. The van der Waals surface area contributed by atoms with Gasteiger partial charge in [-0.25, -0.2) is 5.43 Å². The number of nitrogens with one attached hydrogen (secondary N) is 1. The molecule has 33 heavy (non-hydrogen) atoms. The molecule has 1 N–H and O–H groups in total. The standard InChI is InChI=1S/C24H21N5O4/c1-17(26-27-24(30)15-28-14-21(13-25-28)29(31)32)18-9-11-22(12-10-18)33-16-20-7-4-6-19-5-2-3-8-23(19)20/h2-14H,15-16H2,1H3,(H,27,30)/b26-17+. The second-order valence-electron chi connectivity index (χ2n) is 7.34. The van der Waals surface area contributed by atoms with Crippen LogP contribution in [0.25, 0.3) is 10.8 Å². The maximum Gasteiger partial charge on any atom is 0.307 e. The molecule has 0 radical (unpaired) electrons. The fourth-order valence-electron chi connectivity index (χ4n) is 3.30. The molecule has 0 saturated heterocycles. The summed E-state index contributed by atoms with van der Waals surface area (Å²) in [5.41, 5.74) is 4.80. The number of hydrogen-bond donors (Lipinski definition) is 1. The van der Waals surface area contributed by atoms with Crippen molar-refractivity contribution in [3.63, 3.8) is 0 Å². The number of amides is 1. The number of carbonyl (C=O) groups is 1. The van der Waals surface area contributed by atoms with E-state index in [1.54, 1.807) is 6.92 Å². The molecule has 9 heteroatoms. The monoisotopic (exact) mass is 443 g/mol. The zero-order chi connectivity index (χ0) is 23.2. The van der Waals surface area contributed by atoms with E-state index < -0.39 is 10.8 Å². The Kier molecular flexibility index (Phi) is 6.40. The first kappa shape index (κ1) is 21.7. The van der Waals surface area contributed by atoms with Gasteiger partial charge in [-0.2, -0.15) is 10.2 Å². The predicted octanol–water partition coefficient (Wildman–Crippen LogP) is 4.06. The molecule has 4 aromatic rings. The minimum Gasteiger partial charge on any atom is -0.489 e. The molecule has 0 unspecified atom stereocenters. The van der Waals surface area contributed by atoms with Crippen LogP contribution in [0.2, 0.25) is 0 Å². The van der Waals surface area contributed by atoms with E-state index in [1.807, 2.05) is 42.5 Å². The summed E-state index contributed by atoms with van der Waals surface area (Å²) in [6, 6.07) is 21.8. The molecule has 0 spiro atoms. The molecule has 0 aliphatic rings. The zero-order valence-electron chi connectivity index (χ0n) is 17.8. The molecule has 166 valence electrons. The molecule has 1 amide bonds. The van der Waals surface area contributed by atoms with Crippen molar-refractivity contribution in [2.24, 2.45) is 5.10 Å². The Morgan fingerprint density at radius 1 is 1.12 bits per heavy atom. The van der Waals surface area contributed by atoms with Gasteiger partial charge in [-0.05, 0) is 53.1 Å². The third-order valence-corrected chi connectivity index (χ3v) is 5.03. The lowest BCUT2D eigenvalue weighted by Crippen LogP contribution is -2.24. The van der Waals surface area contributed by atoms with Gasteiger partial charge < -0.3 is 4.74 Å². The summed E-state index contributed by atoms with van der Waals surface area (Å²) in [7, 11) is 0. The van der Waals surface area contributed by atoms with Crippen LogP contribution in [0.4, 0.5) is 5.69 Å². The van der Waals surface area contributed by atoms with E-state index in [0.29, 0.717) is 12.3 Å². The van der Waals surface area contributed by atoms with Gasteiger partial charge >= 0.3 is 5.69 Å². The Morgan fingerprint density at radius 3 is 2.64 bits per heavy atom.